The number of aromatic amines is 1. The molecule has 25 heavy (non-hydrogen) atoms. The molecule has 0 aliphatic rings. The van der Waals surface area contributed by atoms with Crippen LogP contribution in [0, 0.1) is 0 Å². The van der Waals surface area contributed by atoms with Crippen LogP contribution in [0.1, 0.15) is 16.1 Å². The van der Waals surface area contributed by atoms with Crippen LogP contribution in [0.3, 0.4) is 0 Å². The van der Waals surface area contributed by atoms with Gasteiger partial charge >= 0.3 is 0 Å². The summed E-state index contributed by atoms with van der Waals surface area (Å²) in [5.74, 6) is -0.128. The van der Waals surface area contributed by atoms with Crippen LogP contribution in [0.2, 0.25) is 0 Å². The normalized spacial score (nSPS) is 11.0. The number of halogens is 1. The molecule has 0 aliphatic heterocycles. The summed E-state index contributed by atoms with van der Waals surface area (Å²) in [7, 11) is 1.45. The van der Waals surface area contributed by atoms with Gasteiger partial charge in [-0.25, -0.2) is 5.43 Å². The number of ether oxygens (including phenoxy) is 1. The molecule has 9 heteroatoms. The number of phenols is 1. The summed E-state index contributed by atoms with van der Waals surface area (Å²) in [6.45, 7) is 0. The fourth-order valence-electron chi connectivity index (χ4n) is 2.04. The average molecular weight is 421 g/mol. The summed E-state index contributed by atoms with van der Waals surface area (Å²) in [5.41, 5.74) is 4.07. The van der Waals surface area contributed by atoms with E-state index in [0.29, 0.717) is 15.8 Å². The number of thiophene rings is 1. The third kappa shape index (κ3) is 3.89. The lowest BCUT2D eigenvalue weighted by Crippen LogP contribution is -2.18. The first-order valence-electron chi connectivity index (χ1n) is 7.07. The maximum atomic E-state index is 12.1. The number of hydrazone groups is 1. The zero-order valence-electron chi connectivity index (χ0n) is 13.0. The van der Waals surface area contributed by atoms with Crippen LogP contribution in [0.15, 0.2) is 45.3 Å². The van der Waals surface area contributed by atoms with Crippen molar-refractivity contribution in [2.45, 2.75) is 0 Å². The van der Waals surface area contributed by atoms with E-state index in [1.54, 1.807) is 29.5 Å². The van der Waals surface area contributed by atoms with Crippen LogP contribution in [0.5, 0.6) is 11.5 Å². The molecule has 0 saturated carbocycles. The molecule has 0 spiro atoms. The molecule has 3 N–H and O–H groups in total. The standard InChI is InChI=1S/C16H13BrN4O3S/c1-24-13-6-9(5-10(17)15(13)22)8-18-21-16(23)12-7-11(19-20-12)14-3-2-4-25-14/h2-8,22H,1H3,(H,19,20)(H,21,23)/b18-8+. The molecule has 0 unspecified atom stereocenters. The Morgan fingerprint density at radius 1 is 1.48 bits per heavy atom. The molecule has 0 bridgehead atoms. The van der Waals surface area contributed by atoms with Crippen molar-refractivity contribution in [2.24, 2.45) is 5.10 Å². The van der Waals surface area contributed by atoms with Gasteiger partial charge in [-0.2, -0.15) is 10.2 Å². The minimum Gasteiger partial charge on any atom is -0.503 e. The van der Waals surface area contributed by atoms with E-state index in [2.05, 4.69) is 36.7 Å². The molecule has 3 rings (SSSR count). The summed E-state index contributed by atoms with van der Waals surface area (Å²) in [6.07, 6.45) is 1.44. The smallest absolute Gasteiger partial charge is 0.291 e. The van der Waals surface area contributed by atoms with Gasteiger partial charge in [0.1, 0.15) is 0 Å². The highest BCUT2D eigenvalue weighted by atomic mass is 79.9. The number of amides is 1. The first-order valence-corrected chi connectivity index (χ1v) is 8.75. The summed E-state index contributed by atoms with van der Waals surface area (Å²) in [4.78, 5) is 13.1. The second-order valence-corrected chi connectivity index (χ2v) is 6.70. The SMILES string of the molecule is COc1cc(/C=N/NC(=O)c2cc(-c3cccs3)[nH]n2)cc(Br)c1O. The highest BCUT2D eigenvalue weighted by molar-refractivity contribution is 9.10. The predicted molar refractivity (Wildman–Crippen MR) is 99.3 cm³/mol. The zero-order valence-corrected chi connectivity index (χ0v) is 15.4. The number of benzene rings is 1. The Morgan fingerprint density at radius 2 is 2.32 bits per heavy atom. The Labute approximate surface area is 155 Å². The predicted octanol–water partition coefficient (Wildman–Crippen LogP) is 3.38. The molecule has 128 valence electrons. The number of hydrogen-bond acceptors (Lipinski definition) is 6. The summed E-state index contributed by atoms with van der Waals surface area (Å²) >= 11 is 4.78. The summed E-state index contributed by atoms with van der Waals surface area (Å²) in [5, 5.41) is 22.4. The quantitative estimate of drug-likeness (QED) is 0.435. The monoisotopic (exact) mass is 420 g/mol. The lowest BCUT2D eigenvalue weighted by atomic mass is 10.2. The van der Waals surface area contributed by atoms with Crippen LogP contribution < -0.4 is 10.2 Å². The van der Waals surface area contributed by atoms with Crippen molar-refractivity contribution in [3.05, 3.63) is 51.4 Å². The third-order valence-corrected chi connectivity index (χ3v) is 4.76. The molecule has 0 saturated heterocycles. The first kappa shape index (κ1) is 17.2. The van der Waals surface area contributed by atoms with Gasteiger partial charge in [-0.3, -0.25) is 9.89 Å². The van der Waals surface area contributed by atoms with Gasteiger partial charge in [0, 0.05) is 0 Å². The Balaban J connectivity index is 1.68. The summed E-state index contributed by atoms with van der Waals surface area (Å²) < 4.78 is 5.52. The molecule has 1 amide bonds. The van der Waals surface area contributed by atoms with Gasteiger partial charge in [-0.1, -0.05) is 6.07 Å². The molecule has 2 aromatic heterocycles. The first-order chi connectivity index (χ1) is 12.1. The Bertz CT molecular complexity index is 922. The van der Waals surface area contributed by atoms with Crippen molar-refractivity contribution in [1.29, 1.82) is 0 Å². The molecule has 0 atom stereocenters. The number of rotatable bonds is 5. The molecule has 0 radical (unpaired) electrons. The number of methoxy groups -OCH3 is 1. The van der Waals surface area contributed by atoms with Crippen LogP contribution in [-0.4, -0.2) is 34.5 Å². The van der Waals surface area contributed by atoms with Crippen molar-refractivity contribution in [1.82, 2.24) is 15.6 Å². The second-order valence-electron chi connectivity index (χ2n) is 4.90. The molecule has 1 aromatic carbocycles. The van der Waals surface area contributed by atoms with E-state index in [9.17, 15) is 9.90 Å². The van der Waals surface area contributed by atoms with E-state index in [4.69, 9.17) is 4.74 Å². The van der Waals surface area contributed by atoms with E-state index in [1.165, 1.54) is 13.3 Å². The van der Waals surface area contributed by atoms with Crippen molar-refractivity contribution >= 4 is 39.4 Å². The molecule has 2 heterocycles. The molecule has 3 aromatic rings. The number of hydrogen-bond donors (Lipinski definition) is 3. The Kier molecular flexibility index (Phi) is 5.15. The van der Waals surface area contributed by atoms with E-state index >= 15 is 0 Å². The average Bonchev–Trinajstić information content (AvgIpc) is 3.28. The Hall–Kier alpha value is -2.65. The van der Waals surface area contributed by atoms with Gasteiger partial charge in [0.2, 0.25) is 0 Å². The van der Waals surface area contributed by atoms with Crippen molar-refractivity contribution in [2.75, 3.05) is 7.11 Å². The number of carbonyl (C=O) groups is 1. The largest absolute Gasteiger partial charge is 0.503 e. The molecule has 0 fully saturated rings. The molecule has 0 aliphatic carbocycles. The van der Waals surface area contributed by atoms with E-state index in [1.807, 2.05) is 17.5 Å². The fraction of sp³-hybridized carbons (Fsp3) is 0.0625. The van der Waals surface area contributed by atoms with Crippen LogP contribution >= 0.6 is 27.3 Å². The third-order valence-electron chi connectivity index (χ3n) is 3.25. The lowest BCUT2D eigenvalue weighted by Gasteiger charge is -2.06. The van der Waals surface area contributed by atoms with Crippen molar-refractivity contribution in [3.8, 4) is 22.1 Å². The maximum absolute atomic E-state index is 12.1. The van der Waals surface area contributed by atoms with Gasteiger partial charge in [0.25, 0.3) is 5.91 Å². The second kappa shape index (κ2) is 7.49. The topological polar surface area (TPSA) is 99.6 Å². The Morgan fingerprint density at radius 3 is 3.04 bits per heavy atom. The number of phenolic OH excluding ortho intramolecular Hbond substituents is 1. The van der Waals surface area contributed by atoms with E-state index in [-0.39, 0.29) is 11.4 Å². The number of nitrogens with zero attached hydrogens (tertiary/aromatic N) is 2. The number of aromatic nitrogens is 2. The zero-order chi connectivity index (χ0) is 17.8. The number of H-pyrrole nitrogens is 1. The van der Waals surface area contributed by atoms with Crippen LogP contribution in [-0.2, 0) is 0 Å². The van der Waals surface area contributed by atoms with Crippen LogP contribution in [0.25, 0.3) is 10.6 Å². The molecule has 7 nitrogen and oxygen atoms in total. The van der Waals surface area contributed by atoms with Gasteiger partial charge in [0.15, 0.2) is 17.2 Å². The lowest BCUT2D eigenvalue weighted by molar-refractivity contribution is 0.0950. The maximum Gasteiger partial charge on any atom is 0.291 e. The van der Waals surface area contributed by atoms with Gasteiger partial charge in [-0.05, 0) is 51.1 Å². The van der Waals surface area contributed by atoms with E-state index in [0.717, 1.165) is 10.6 Å². The van der Waals surface area contributed by atoms with Gasteiger partial charge in [0.05, 0.1) is 28.4 Å². The number of aromatic hydroxyl groups is 1. The van der Waals surface area contributed by atoms with Gasteiger partial charge in [-0.15, -0.1) is 11.3 Å². The van der Waals surface area contributed by atoms with E-state index < -0.39 is 5.91 Å². The van der Waals surface area contributed by atoms with Crippen LogP contribution in [0.4, 0.5) is 0 Å². The minimum absolute atomic E-state index is 0.00122. The fourth-order valence-corrected chi connectivity index (χ4v) is 3.19. The van der Waals surface area contributed by atoms with Crippen molar-refractivity contribution < 1.29 is 14.6 Å². The van der Waals surface area contributed by atoms with Crippen molar-refractivity contribution in [3.63, 3.8) is 0 Å². The highest BCUT2D eigenvalue weighted by Crippen LogP contribution is 2.34. The molecular weight excluding hydrogens is 408 g/mol. The summed E-state index contributed by atoms with van der Waals surface area (Å²) in [6, 6.07) is 8.77. The highest BCUT2D eigenvalue weighted by Gasteiger charge is 2.11. The molecular formula is C16H13BrN4O3S. The number of carbonyl (C=O) groups excluding carboxylic acids is 1. The van der Waals surface area contributed by atoms with Gasteiger partial charge < -0.3 is 9.84 Å². The minimum atomic E-state index is -0.430. The number of nitrogens with one attached hydrogen (secondary N) is 2.